The van der Waals surface area contributed by atoms with Crippen molar-refractivity contribution in [3.8, 4) is 6.07 Å². The SMILES string of the molecule is CCN(C(C)CC#N)C1CCNCC1. The van der Waals surface area contributed by atoms with Gasteiger partial charge in [-0.2, -0.15) is 5.26 Å². The zero-order chi connectivity index (χ0) is 10.4. The molecule has 0 radical (unpaired) electrons. The molecule has 0 aromatic heterocycles. The summed E-state index contributed by atoms with van der Waals surface area (Å²) in [5.74, 6) is 0. The van der Waals surface area contributed by atoms with Gasteiger partial charge in [-0.3, -0.25) is 4.90 Å². The van der Waals surface area contributed by atoms with Crippen molar-refractivity contribution < 1.29 is 0 Å². The second-order valence-corrected chi connectivity index (χ2v) is 4.02. The van der Waals surface area contributed by atoms with Gasteiger partial charge in [0.05, 0.1) is 12.5 Å². The molecule has 1 aliphatic rings. The van der Waals surface area contributed by atoms with Crippen LogP contribution in [-0.4, -0.2) is 36.6 Å². The highest BCUT2D eigenvalue weighted by Crippen LogP contribution is 2.16. The highest BCUT2D eigenvalue weighted by atomic mass is 15.2. The van der Waals surface area contributed by atoms with Crippen molar-refractivity contribution in [2.45, 2.75) is 45.2 Å². The van der Waals surface area contributed by atoms with E-state index < -0.39 is 0 Å². The molecule has 0 aromatic rings. The Morgan fingerprint density at radius 3 is 2.64 bits per heavy atom. The van der Waals surface area contributed by atoms with Gasteiger partial charge in [-0.05, 0) is 39.4 Å². The van der Waals surface area contributed by atoms with Crippen LogP contribution in [0.4, 0.5) is 0 Å². The van der Waals surface area contributed by atoms with E-state index in [9.17, 15) is 0 Å². The van der Waals surface area contributed by atoms with Crippen LogP contribution in [0.5, 0.6) is 0 Å². The lowest BCUT2D eigenvalue weighted by molar-refractivity contribution is 0.126. The minimum atomic E-state index is 0.410. The van der Waals surface area contributed by atoms with Gasteiger partial charge in [0.1, 0.15) is 0 Å². The molecular weight excluding hydrogens is 174 g/mol. The van der Waals surface area contributed by atoms with E-state index >= 15 is 0 Å². The maximum Gasteiger partial charge on any atom is 0.0638 e. The van der Waals surface area contributed by atoms with E-state index in [1.54, 1.807) is 0 Å². The van der Waals surface area contributed by atoms with Crippen molar-refractivity contribution in [3.63, 3.8) is 0 Å². The molecule has 1 N–H and O–H groups in total. The van der Waals surface area contributed by atoms with Gasteiger partial charge in [-0.15, -0.1) is 0 Å². The summed E-state index contributed by atoms with van der Waals surface area (Å²) in [6.07, 6.45) is 3.10. The molecule has 3 nitrogen and oxygen atoms in total. The van der Waals surface area contributed by atoms with Gasteiger partial charge < -0.3 is 5.32 Å². The van der Waals surface area contributed by atoms with Gasteiger partial charge >= 0.3 is 0 Å². The lowest BCUT2D eigenvalue weighted by Crippen LogP contribution is -2.46. The summed E-state index contributed by atoms with van der Waals surface area (Å²) in [4.78, 5) is 2.48. The zero-order valence-electron chi connectivity index (χ0n) is 9.29. The first-order chi connectivity index (χ1) is 6.79. The Labute approximate surface area is 87.1 Å². The second-order valence-electron chi connectivity index (χ2n) is 4.02. The van der Waals surface area contributed by atoms with Gasteiger partial charge in [0.15, 0.2) is 0 Å². The van der Waals surface area contributed by atoms with E-state index in [0.717, 1.165) is 19.6 Å². The Kier molecular flexibility index (Phi) is 4.92. The Morgan fingerprint density at radius 1 is 1.50 bits per heavy atom. The lowest BCUT2D eigenvalue weighted by atomic mass is 10.0. The topological polar surface area (TPSA) is 39.1 Å². The number of piperidine rings is 1. The summed E-state index contributed by atoms with van der Waals surface area (Å²) < 4.78 is 0. The Hall–Kier alpha value is -0.590. The van der Waals surface area contributed by atoms with Gasteiger partial charge in [0.2, 0.25) is 0 Å². The van der Waals surface area contributed by atoms with Crippen molar-refractivity contribution in [1.29, 1.82) is 5.26 Å². The average molecular weight is 195 g/mol. The van der Waals surface area contributed by atoms with Crippen molar-refractivity contribution in [2.24, 2.45) is 0 Å². The predicted molar refractivity (Wildman–Crippen MR) is 58.0 cm³/mol. The number of nitrogens with zero attached hydrogens (tertiary/aromatic N) is 2. The van der Waals surface area contributed by atoms with Crippen molar-refractivity contribution in [3.05, 3.63) is 0 Å². The lowest BCUT2D eigenvalue weighted by Gasteiger charge is -2.37. The molecule has 1 aliphatic heterocycles. The van der Waals surface area contributed by atoms with E-state index in [1.165, 1.54) is 12.8 Å². The molecule has 0 saturated carbocycles. The van der Waals surface area contributed by atoms with Crippen molar-refractivity contribution in [2.75, 3.05) is 19.6 Å². The number of nitriles is 1. The van der Waals surface area contributed by atoms with Crippen molar-refractivity contribution >= 4 is 0 Å². The molecule has 0 amide bonds. The first-order valence-electron chi connectivity index (χ1n) is 5.63. The maximum absolute atomic E-state index is 8.69. The largest absolute Gasteiger partial charge is 0.317 e. The number of rotatable bonds is 4. The average Bonchev–Trinajstić information content (AvgIpc) is 2.21. The normalized spacial score (nSPS) is 20.7. The first-order valence-corrected chi connectivity index (χ1v) is 5.63. The van der Waals surface area contributed by atoms with Crippen LogP contribution in [0.15, 0.2) is 0 Å². The minimum absolute atomic E-state index is 0.410. The number of hydrogen-bond donors (Lipinski definition) is 1. The fourth-order valence-electron chi connectivity index (χ4n) is 2.32. The molecule has 14 heavy (non-hydrogen) atoms. The predicted octanol–water partition coefficient (Wildman–Crippen LogP) is 1.36. The number of nitrogens with one attached hydrogen (secondary N) is 1. The Bertz CT molecular complexity index is 191. The van der Waals surface area contributed by atoms with E-state index in [0.29, 0.717) is 18.5 Å². The molecule has 1 rings (SSSR count). The van der Waals surface area contributed by atoms with Gasteiger partial charge in [-0.25, -0.2) is 0 Å². The highest BCUT2D eigenvalue weighted by Gasteiger charge is 2.23. The Morgan fingerprint density at radius 2 is 2.14 bits per heavy atom. The zero-order valence-corrected chi connectivity index (χ0v) is 9.29. The van der Waals surface area contributed by atoms with Crippen molar-refractivity contribution in [1.82, 2.24) is 10.2 Å². The third kappa shape index (κ3) is 2.97. The van der Waals surface area contributed by atoms with Crippen LogP contribution < -0.4 is 5.32 Å². The summed E-state index contributed by atoms with van der Waals surface area (Å²) in [5, 5.41) is 12.1. The molecule has 1 saturated heterocycles. The molecule has 3 heteroatoms. The summed E-state index contributed by atoms with van der Waals surface area (Å²) in [5.41, 5.74) is 0. The van der Waals surface area contributed by atoms with Gasteiger partial charge in [0.25, 0.3) is 0 Å². The van der Waals surface area contributed by atoms with E-state index in [2.05, 4.69) is 30.1 Å². The molecule has 1 fully saturated rings. The van der Waals surface area contributed by atoms with Crippen LogP contribution in [-0.2, 0) is 0 Å². The highest BCUT2D eigenvalue weighted by molar-refractivity contribution is 4.85. The van der Waals surface area contributed by atoms with Crippen LogP contribution >= 0.6 is 0 Å². The molecule has 0 bridgehead atoms. The van der Waals surface area contributed by atoms with Crippen LogP contribution in [0.3, 0.4) is 0 Å². The molecule has 0 aromatic carbocycles. The third-order valence-electron chi connectivity index (χ3n) is 3.10. The fraction of sp³-hybridized carbons (Fsp3) is 0.909. The third-order valence-corrected chi connectivity index (χ3v) is 3.10. The first kappa shape index (κ1) is 11.5. The smallest absolute Gasteiger partial charge is 0.0638 e. The van der Waals surface area contributed by atoms with Crippen LogP contribution in [0.2, 0.25) is 0 Å². The summed E-state index contributed by atoms with van der Waals surface area (Å²) >= 11 is 0. The monoisotopic (exact) mass is 195 g/mol. The summed E-state index contributed by atoms with van der Waals surface area (Å²) in [7, 11) is 0. The minimum Gasteiger partial charge on any atom is -0.317 e. The van der Waals surface area contributed by atoms with Gasteiger partial charge in [-0.1, -0.05) is 6.92 Å². The molecular formula is C11H21N3. The molecule has 0 spiro atoms. The van der Waals surface area contributed by atoms with Crippen LogP contribution in [0.25, 0.3) is 0 Å². The molecule has 1 atom stereocenters. The fourth-order valence-corrected chi connectivity index (χ4v) is 2.32. The molecule has 0 aliphatic carbocycles. The molecule has 1 heterocycles. The number of hydrogen-bond acceptors (Lipinski definition) is 3. The Balaban J connectivity index is 2.47. The van der Waals surface area contributed by atoms with Crippen LogP contribution in [0, 0.1) is 11.3 Å². The van der Waals surface area contributed by atoms with E-state index in [1.807, 2.05) is 0 Å². The van der Waals surface area contributed by atoms with Crippen LogP contribution in [0.1, 0.15) is 33.1 Å². The molecule has 80 valence electrons. The van der Waals surface area contributed by atoms with E-state index in [4.69, 9.17) is 5.26 Å². The summed E-state index contributed by atoms with van der Waals surface area (Å²) in [6.45, 7) is 7.67. The standard InChI is InChI=1S/C11H21N3/c1-3-14(10(2)4-7-12)11-5-8-13-9-6-11/h10-11,13H,3-6,8-9H2,1-2H3. The summed E-state index contributed by atoms with van der Waals surface area (Å²) in [6, 6.07) is 3.36. The maximum atomic E-state index is 8.69. The molecule has 1 unspecified atom stereocenters. The second kappa shape index (κ2) is 6.00. The van der Waals surface area contributed by atoms with Gasteiger partial charge in [0, 0.05) is 12.1 Å². The van der Waals surface area contributed by atoms with E-state index in [-0.39, 0.29) is 0 Å². The quantitative estimate of drug-likeness (QED) is 0.736.